The minimum atomic E-state index is -4.46. The molecule has 328 valence electrons. The van der Waals surface area contributed by atoms with Crippen LogP contribution in [-0.2, 0) is 14.9 Å². The van der Waals surface area contributed by atoms with Crippen LogP contribution in [0.1, 0.15) is 226 Å². The second kappa shape index (κ2) is 41.4. The van der Waals surface area contributed by atoms with Gasteiger partial charge < -0.3 is 15.5 Å². The van der Waals surface area contributed by atoms with Gasteiger partial charge in [-0.3, -0.25) is 9.35 Å². The van der Waals surface area contributed by atoms with E-state index in [1.54, 1.807) is 6.08 Å². The van der Waals surface area contributed by atoms with Gasteiger partial charge in [-0.05, 0) is 70.6 Å². The maximum absolute atomic E-state index is 12.6. The van der Waals surface area contributed by atoms with Gasteiger partial charge in [0.25, 0.3) is 10.1 Å². The highest BCUT2D eigenvalue weighted by atomic mass is 32.2. The van der Waals surface area contributed by atoms with E-state index in [1.807, 2.05) is 0 Å². The SMILES string of the molecule is CCCCCCCCCC/C=C\CCCCCCCCC(O)C(=O)NC(CS(=O)(=O)O)C(O)/C=C/CC/C=C/CC/C=C/CCCCCCCCCCCCC. The third-order valence-corrected chi connectivity index (χ3v) is 11.3. The molecule has 0 aliphatic carbocycles. The number of allylic oxidation sites excluding steroid dienone is 7. The molecule has 0 aromatic heterocycles. The molecule has 3 unspecified atom stereocenters. The zero-order valence-corrected chi connectivity index (χ0v) is 37.2. The van der Waals surface area contributed by atoms with Crippen molar-refractivity contribution in [2.24, 2.45) is 0 Å². The number of carbonyl (C=O) groups is 1. The highest BCUT2D eigenvalue weighted by molar-refractivity contribution is 7.85. The molecule has 56 heavy (non-hydrogen) atoms. The molecule has 0 heterocycles. The van der Waals surface area contributed by atoms with Crippen molar-refractivity contribution < 1.29 is 28.0 Å². The smallest absolute Gasteiger partial charge is 0.267 e. The minimum absolute atomic E-state index is 0.263. The van der Waals surface area contributed by atoms with Gasteiger partial charge in [0, 0.05) is 0 Å². The van der Waals surface area contributed by atoms with Crippen molar-refractivity contribution >= 4 is 16.0 Å². The maximum atomic E-state index is 12.6. The highest BCUT2D eigenvalue weighted by Crippen LogP contribution is 2.14. The van der Waals surface area contributed by atoms with Gasteiger partial charge in [-0.2, -0.15) is 8.42 Å². The lowest BCUT2D eigenvalue weighted by Crippen LogP contribution is -2.50. The van der Waals surface area contributed by atoms with Crippen molar-refractivity contribution in [1.82, 2.24) is 5.32 Å². The van der Waals surface area contributed by atoms with Crippen molar-refractivity contribution in [3.8, 4) is 0 Å². The Bertz CT molecular complexity index is 1090. The van der Waals surface area contributed by atoms with Crippen LogP contribution in [0.5, 0.6) is 0 Å². The Kier molecular flexibility index (Phi) is 40.1. The van der Waals surface area contributed by atoms with Crippen LogP contribution in [0.3, 0.4) is 0 Å². The van der Waals surface area contributed by atoms with E-state index >= 15 is 0 Å². The number of hydrogen-bond acceptors (Lipinski definition) is 5. The predicted molar refractivity (Wildman–Crippen MR) is 241 cm³/mol. The van der Waals surface area contributed by atoms with Crippen LogP contribution >= 0.6 is 0 Å². The van der Waals surface area contributed by atoms with Crippen LogP contribution in [0.15, 0.2) is 48.6 Å². The summed E-state index contributed by atoms with van der Waals surface area (Å²) in [5.41, 5.74) is 0. The third kappa shape index (κ3) is 40.5. The normalized spacial score (nSPS) is 14.2. The number of hydrogen-bond donors (Lipinski definition) is 4. The van der Waals surface area contributed by atoms with E-state index in [2.05, 4.69) is 55.6 Å². The van der Waals surface area contributed by atoms with E-state index in [4.69, 9.17) is 0 Å². The van der Waals surface area contributed by atoms with Crippen molar-refractivity contribution in [2.45, 2.75) is 244 Å². The minimum Gasteiger partial charge on any atom is -0.387 e. The molecule has 0 aromatic rings. The first-order chi connectivity index (χ1) is 27.2. The van der Waals surface area contributed by atoms with E-state index < -0.39 is 40.0 Å². The number of carbonyl (C=O) groups excluding carboxylic acids is 1. The van der Waals surface area contributed by atoms with E-state index in [0.29, 0.717) is 12.8 Å². The molecule has 3 atom stereocenters. The molecule has 8 heteroatoms. The summed E-state index contributed by atoms with van der Waals surface area (Å²) in [6.45, 7) is 4.53. The molecule has 0 spiro atoms. The first kappa shape index (κ1) is 54.3. The first-order valence-electron chi connectivity index (χ1n) is 23.4. The van der Waals surface area contributed by atoms with Crippen molar-refractivity contribution in [1.29, 1.82) is 0 Å². The zero-order valence-electron chi connectivity index (χ0n) is 36.4. The number of unbranched alkanes of at least 4 members (excludes halogenated alkanes) is 27. The van der Waals surface area contributed by atoms with E-state index in [-0.39, 0.29) is 6.42 Å². The lowest BCUT2D eigenvalue weighted by molar-refractivity contribution is -0.130. The van der Waals surface area contributed by atoms with Crippen molar-refractivity contribution in [3.63, 3.8) is 0 Å². The van der Waals surface area contributed by atoms with Gasteiger partial charge in [0.1, 0.15) is 6.10 Å². The molecule has 0 aliphatic heterocycles. The summed E-state index contributed by atoms with van der Waals surface area (Å²) >= 11 is 0. The van der Waals surface area contributed by atoms with Crippen LogP contribution in [0.4, 0.5) is 0 Å². The van der Waals surface area contributed by atoms with Gasteiger partial charge in [0.05, 0.1) is 17.9 Å². The quantitative estimate of drug-likeness (QED) is 0.0277. The van der Waals surface area contributed by atoms with Crippen molar-refractivity contribution in [3.05, 3.63) is 48.6 Å². The summed E-state index contributed by atoms with van der Waals surface area (Å²) in [6, 6.07) is -1.26. The summed E-state index contributed by atoms with van der Waals surface area (Å²) in [4.78, 5) is 12.6. The number of aliphatic hydroxyl groups is 2. The number of nitrogens with one attached hydrogen (secondary N) is 1. The number of aliphatic hydroxyl groups excluding tert-OH is 2. The fourth-order valence-corrected chi connectivity index (χ4v) is 7.69. The van der Waals surface area contributed by atoms with Gasteiger partial charge in [0.15, 0.2) is 0 Å². The number of rotatable bonds is 42. The molecule has 0 saturated heterocycles. The van der Waals surface area contributed by atoms with Crippen LogP contribution in [0, 0.1) is 0 Å². The van der Waals surface area contributed by atoms with Crippen LogP contribution in [0.2, 0.25) is 0 Å². The van der Waals surface area contributed by atoms with Gasteiger partial charge in [0.2, 0.25) is 5.91 Å². The molecular weight excluding hydrogens is 719 g/mol. The topological polar surface area (TPSA) is 124 Å². The molecule has 0 rings (SSSR count). The Morgan fingerprint density at radius 3 is 1.18 bits per heavy atom. The molecule has 0 aliphatic rings. The highest BCUT2D eigenvalue weighted by Gasteiger charge is 2.27. The van der Waals surface area contributed by atoms with Gasteiger partial charge in [-0.15, -0.1) is 0 Å². The predicted octanol–water partition coefficient (Wildman–Crippen LogP) is 13.2. The Balaban J connectivity index is 4.05. The molecular formula is C48H89NO6S. The summed E-state index contributed by atoms with van der Waals surface area (Å²) in [6.07, 6.45) is 53.2. The molecule has 0 radical (unpaired) electrons. The Morgan fingerprint density at radius 1 is 0.482 bits per heavy atom. The molecule has 0 saturated carbocycles. The molecule has 0 bridgehead atoms. The Morgan fingerprint density at radius 2 is 0.804 bits per heavy atom. The second-order valence-electron chi connectivity index (χ2n) is 16.2. The first-order valence-corrected chi connectivity index (χ1v) is 25.1. The molecule has 7 nitrogen and oxygen atoms in total. The summed E-state index contributed by atoms with van der Waals surface area (Å²) in [5.74, 6) is -1.57. The maximum Gasteiger partial charge on any atom is 0.267 e. The molecule has 4 N–H and O–H groups in total. The van der Waals surface area contributed by atoms with Crippen LogP contribution in [0.25, 0.3) is 0 Å². The van der Waals surface area contributed by atoms with Crippen LogP contribution < -0.4 is 5.32 Å². The zero-order chi connectivity index (χ0) is 41.2. The Labute approximate surface area is 346 Å². The van der Waals surface area contributed by atoms with Gasteiger partial charge >= 0.3 is 0 Å². The van der Waals surface area contributed by atoms with E-state index in [1.165, 1.54) is 147 Å². The summed E-state index contributed by atoms with van der Waals surface area (Å²) < 4.78 is 32.6. The van der Waals surface area contributed by atoms with E-state index in [0.717, 1.165) is 51.4 Å². The standard InChI is InChI=1S/C48H89NO6S/c1-3-5-7-9-11-13-15-17-19-21-23-24-25-27-28-30-32-34-36-38-40-42-46(50)45(44-56(53,54)55)49-48(52)47(51)43-41-39-37-35-33-31-29-26-22-20-18-16-14-12-10-8-6-4-2/h22,25-27,32,34,40,42,45-47,50-51H,3-21,23-24,28-31,33,35-39,41,43-44H2,1-2H3,(H,49,52)(H,53,54,55)/b26-22-,27-25+,34-32+,42-40+. The fraction of sp³-hybridized carbons (Fsp3) is 0.812. The Hall–Kier alpha value is -1.74. The lowest BCUT2D eigenvalue weighted by Gasteiger charge is -2.22. The number of amides is 1. The van der Waals surface area contributed by atoms with Gasteiger partial charge in [-0.25, -0.2) is 0 Å². The third-order valence-electron chi connectivity index (χ3n) is 10.6. The van der Waals surface area contributed by atoms with E-state index in [9.17, 15) is 28.0 Å². The molecule has 0 aromatic carbocycles. The van der Waals surface area contributed by atoms with Crippen LogP contribution in [-0.4, -0.2) is 53.1 Å². The fourth-order valence-electron chi connectivity index (χ4n) is 6.95. The average Bonchev–Trinajstić information content (AvgIpc) is 3.17. The lowest BCUT2D eigenvalue weighted by atomic mass is 10.0. The average molecular weight is 808 g/mol. The monoisotopic (exact) mass is 808 g/mol. The largest absolute Gasteiger partial charge is 0.387 e. The molecule has 1 amide bonds. The molecule has 0 fully saturated rings. The van der Waals surface area contributed by atoms with Crippen molar-refractivity contribution in [2.75, 3.05) is 5.75 Å². The second-order valence-corrected chi connectivity index (χ2v) is 17.7. The van der Waals surface area contributed by atoms with Gasteiger partial charge in [-0.1, -0.05) is 204 Å². The summed E-state index contributed by atoms with van der Waals surface area (Å²) in [5, 5.41) is 23.4. The summed E-state index contributed by atoms with van der Waals surface area (Å²) in [7, 11) is -4.46.